The van der Waals surface area contributed by atoms with E-state index in [1.165, 1.54) is 238 Å². The first-order valence-corrected chi connectivity index (χ1v) is 46.7. The van der Waals surface area contributed by atoms with Crippen molar-refractivity contribution in [3.63, 3.8) is 0 Å². The van der Waals surface area contributed by atoms with Crippen molar-refractivity contribution in [2.45, 2.75) is 459 Å². The number of hydrogen-bond acceptors (Lipinski definition) is 15. The van der Waals surface area contributed by atoms with Gasteiger partial charge < -0.3 is 33.8 Å². The van der Waals surface area contributed by atoms with Crippen molar-refractivity contribution >= 4 is 39.5 Å². The summed E-state index contributed by atoms with van der Waals surface area (Å²) >= 11 is 0. The van der Waals surface area contributed by atoms with Gasteiger partial charge >= 0.3 is 39.5 Å². The van der Waals surface area contributed by atoms with Crippen molar-refractivity contribution < 1.29 is 80.2 Å². The molecule has 0 spiro atoms. The van der Waals surface area contributed by atoms with E-state index in [0.717, 1.165) is 114 Å². The van der Waals surface area contributed by atoms with Crippen LogP contribution in [0, 0.1) is 23.7 Å². The minimum Gasteiger partial charge on any atom is -0.462 e. The molecule has 0 saturated carbocycles. The molecule has 0 amide bonds. The number of phosphoric ester groups is 2. The van der Waals surface area contributed by atoms with Gasteiger partial charge in [-0.15, -0.1) is 0 Å². The predicted molar refractivity (Wildman–Crippen MR) is 428 cm³/mol. The lowest BCUT2D eigenvalue weighted by molar-refractivity contribution is -0.161. The van der Waals surface area contributed by atoms with Crippen molar-refractivity contribution in [2.75, 3.05) is 39.6 Å². The van der Waals surface area contributed by atoms with E-state index in [4.69, 9.17) is 37.0 Å². The van der Waals surface area contributed by atoms with Crippen molar-refractivity contribution in [2.24, 2.45) is 23.7 Å². The first kappa shape index (κ1) is 102. The van der Waals surface area contributed by atoms with Crippen LogP contribution in [0.25, 0.3) is 0 Å². The number of carbonyl (C=O) groups excluding carboxylic acids is 4. The van der Waals surface area contributed by atoms with Crippen LogP contribution in [-0.4, -0.2) is 96.7 Å². The van der Waals surface area contributed by atoms with Crippen LogP contribution in [0.4, 0.5) is 0 Å². The Morgan fingerprint density at radius 2 is 0.462 bits per heavy atom. The number of carbonyl (C=O) groups is 4. The van der Waals surface area contributed by atoms with Crippen molar-refractivity contribution in [1.82, 2.24) is 0 Å². The zero-order valence-corrected chi connectivity index (χ0v) is 70.5. The summed E-state index contributed by atoms with van der Waals surface area (Å²) in [5.41, 5.74) is 0. The summed E-state index contributed by atoms with van der Waals surface area (Å²) in [5, 5.41) is 10.7. The van der Waals surface area contributed by atoms with E-state index >= 15 is 0 Å². The Morgan fingerprint density at radius 1 is 0.269 bits per heavy atom. The fraction of sp³-hybridized carbons (Fsp3) is 0.953. The van der Waals surface area contributed by atoms with Gasteiger partial charge in [0.15, 0.2) is 12.2 Å². The van der Waals surface area contributed by atoms with Gasteiger partial charge in [0.25, 0.3) is 0 Å². The zero-order chi connectivity index (χ0) is 76.7. The van der Waals surface area contributed by atoms with Gasteiger partial charge in [-0.3, -0.25) is 37.3 Å². The maximum absolute atomic E-state index is 13.1. The summed E-state index contributed by atoms with van der Waals surface area (Å²) in [7, 11) is -9.93. The number of esters is 4. The second-order valence-electron chi connectivity index (χ2n) is 32.2. The Hall–Kier alpha value is -1.94. The lowest BCUT2D eigenvalue weighted by atomic mass is 9.99. The fourth-order valence-electron chi connectivity index (χ4n) is 13.1. The molecule has 17 nitrogen and oxygen atoms in total. The number of rotatable bonds is 82. The third-order valence-corrected chi connectivity index (χ3v) is 22.1. The molecule has 0 aromatic carbocycles. The van der Waals surface area contributed by atoms with Crippen LogP contribution in [0.1, 0.15) is 441 Å². The first-order chi connectivity index (χ1) is 50.1. The topological polar surface area (TPSA) is 237 Å². The summed E-state index contributed by atoms with van der Waals surface area (Å²) < 4.78 is 68.8. The number of phosphoric acid groups is 2. The Labute approximate surface area is 638 Å². The molecule has 0 aromatic rings. The number of ether oxygens (including phenoxy) is 4. The third kappa shape index (κ3) is 76.8. The second kappa shape index (κ2) is 73.8. The van der Waals surface area contributed by atoms with Crippen LogP contribution in [0.5, 0.6) is 0 Å². The van der Waals surface area contributed by atoms with Gasteiger partial charge in [-0.05, 0) is 49.4 Å². The Morgan fingerprint density at radius 3 is 0.683 bits per heavy atom. The number of hydrogen-bond donors (Lipinski definition) is 3. The molecule has 104 heavy (non-hydrogen) atoms. The molecule has 0 heterocycles. The largest absolute Gasteiger partial charge is 0.472 e. The highest BCUT2D eigenvalue weighted by Gasteiger charge is 2.30. The third-order valence-electron chi connectivity index (χ3n) is 20.2. The first-order valence-electron chi connectivity index (χ1n) is 43.7. The van der Waals surface area contributed by atoms with Crippen LogP contribution < -0.4 is 0 Å². The molecule has 0 aliphatic rings. The Balaban J connectivity index is 5.22. The van der Waals surface area contributed by atoms with Gasteiger partial charge in [0.2, 0.25) is 0 Å². The van der Waals surface area contributed by atoms with E-state index in [1.54, 1.807) is 0 Å². The highest BCUT2D eigenvalue weighted by Crippen LogP contribution is 2.45. The number of unbranched alkanes of at least 4 members (excludes halogenated alkanes) is 47. The van der Waals surface area contributed by atoms with E-state index in [-0.39, 0.29) is 25.7 Å². The van der Waals surface area contributed by atoms with E-state index in [9.17, 15) is 43.2 Å². The molecule has 618 valence electrons. The van der Waals surface area contributed by atoms with Gasteiger partial charge in [-0.2, -0.15) is 0 Å². The lowest BCUT2D eigenvalue weighted by Crippen LogP contribution is -2.30. The van der Waals surface area contributed by atoms with Crippen molar-refractivity contribution in [3.8, 4) is 0 Å². The molecule has 0 aromatic heterocycles. The average molecular weight is 1520 g/mol. The van der Waals surface area contributed by atoms with Crippen LogP contribution in [-0.2, 0) is 65.4 Å². The molecule has 0 fully saturated rings. The molecule has 3 unspecified atom stereocenters. The molecule has 0 rings (SSSR count). The van der Waals surface area contributed by atoms with Crippen LogP contribution in [0.3, 0.4) is 0 Å². The highest BCUT2D eigenvalue weighted by atomic mass is 31.2. The Bertz CT molecular complexity index is 2030. The SMILES string of the molecule is CCC(C)CCCCCCCCCCCCCCCCC(=O)O[C@H](COC(=O)CCCCCCCCC(C)C)COP(=O)(O)OC[C@H](O)COP(=O)(O)OC[C@@H](COC(=O)CCCCCCCCCCCCCCCCCC(C)C)OC(=O)CCCCCCCCCCCCCCCCCCC(C)C. The maximum atomic E-state index is 13.1. The van der Waals surface area contributed by atoms with Crippen LogP contribution in [0.2, 0.25) is 0 Å². The molecule has 6 atom stereocenters. The van der Waals surface area contributed by atoms with Crippen molar-refractivity contribution in [3.05, 3.63) is 0 Å². The van der Waals surface area contributed by atoms with Crippen molar-refractivity contribution in [1.29, 1.82) is 0 Å². The molecule has 0 aliphatic heterocycles. The molecular formula is C85H166O17P2. The zero-order valence-electron chi connectivity index (χ0n) is 68.7. The minimum atomic E-state index is -4.97. The van der Waals surface area contributed by atoms with Gasteiger partial charge in [0, 0.05) is 25.7 Å². The van der Waals surface area contributed by atoms with Gasteiger partial charge in [-0.1, -0.05) is 389 Å². The second-order valence-corrected chi connectivity index (χ2v) is 35.2. The molecule has 3 N–H and O–H groups in total. The van der Waals surface area contributed by atoms with Gasteiger partial charge in [0.1, 0.15) is 19.3 Å². The normalized spacial score (nSPS) is 14.2. The standard InChI is InChI=1S/C85H166O17P2/c1-9-78(8)64-56-48-39-33-27-21-17-18-24-30-36-42-52-60-68-85(90)102-81(72-96-83(88)66-58-50-44-43-47-55-63-77(6)7)74-100-104(93,94)98-70-79(86)69-97-103(91,92)99-73-80(71-95-82(87)65-57-49-40-34-28-22-16-12-14-20-26-32-38-46-54-62-76(4)5)101-84(89)67-59-51-41-35-29-23-15-11-10-13-19-25-31-37-45-53-61-75(2)3/h75-81,86H,9-74H2,1-8H3,(H,91,92)(H,93,94)/t78?,79-,80-,81-/m1/s1. The average Bonchev–Trinajstić information content (AvgIpc) is 0.909. The number of aliphatic hydroxyl groups is 1. The number of aliphatic hydroxyl groups excluding tert-OH is 1. The van der Waals surface area contributed by atoms with E-state index in [0.29, 0.717) is 31.6 Å². The van der Waals surface area contributed by atoms with Crippen LogP contribution in [0.15, 0.2) is 0 Å². The molecule has 19 heteroatoms. The van der Waals surface area contributed by atoms with Gasteiger partial charge in [0.05, 0.1) is 26.4 Å². The smallest absolute Gasteiger partial charge is 0.462 e. The van der Waals surface area contributed by atoms with Crippen LogP contribution >= 0.6 is 15.6 Å². The maximum Gasteiger partial charge on any atom is 0.472 e. The summed E-state index contributed by atoms with van der Waals surface area (Å²) in [4.78, 5) is 73.1. The van der Waals surface area contributed by atoms with E-state index < -0.39 is 97.5 Å². The van der Waals surface area contributed by atoms with E-state index in [1.807, 2.05) is 0 Å². The highest BCUT2D eigenvalue weighted by molar-refractivity contribution is 7.47. The summed E-state index contributed by atoms with van der Waals surface area (Å²) in [5.74, 6) is 1.03. The predicted octanol–water partition coefficient (Wildman–Crippen LogP) is 25.6. The molecular weight excluding hydrogens is 1350 g/mol. The minimum absolute atomic E-state index is 0.106. The monoisotopic (exact) mass is 1520 g/mol. The Kier molecular flexibility index (Phi) is 72.5. The summed E-state index contributed by atoms with van der Waals surface area (Å²) in [6, 6.07) is 0. The van der Waals surface area contributed by atoms with E-state index in [2.05, 4.69) is 55.4 Å². The molecule has 0 radical (unpaired) electrons. The quantitative estimate of drug-likeness (QED) is 0.0222. The van der Waals surface area contributed by atoms with Gasteiger partial charge in [-0.25, -0.2) is 9.13 Å². The summed E-state index contributed by atoms with van der Waals surface area (Å²) in [6.45, 7) is 14.3. The summed E-state index contributed by atoms with van der Waals surface area (Å²) in [6.07, 6.45) is 62.6. The molecule has 0 aliphatic carbocycles. The lowest BCUT2D eigenvalue weighted by Gasteiger charge is -2.21. The fourth-order valence-corrected chi connectivity index (χ4v) is 14.7. The molecule has 0 bridgehead atoms. The molecule has 0 saturated heterocycles.